The zero-order valence-corrected chi connectivity index (χ0v) is 44.5. The van der Waals surface area contributed by atoms with Crippen LogP contribution in [-0.4, -0.2) is 0 Å². The van der Waals surface area contributed by atoms with Gasteiger partial charge in [0.25, 0.3) is 0 Å². The van der Waals surface area contributed by atoms with Gasteiger partial charge in [-0.25, -0.2) is 0 Å². The van der Waals surface area contributed by atoms with E-state index in [1.165, 1.54) is 0 Å². The molecule has 0 fully saturated rings. The fourth-order valence-corrected chi connectivity index (χ4v) is 15.1. The van der Waals surface area contributed by atoms with Crippen molar-refractivity contribution in [2.45, 2.75) is 40.0 Å². The normalized spacial score (nSPS) is 10.5. The summed E-state index contributed by atoms with van der Waals surface area (Å²) in [5, 5.41) is 57.2. The molecular formula is C60H39N7S6. The van der Waals surface area contributed by atoms with Gasteiger partial charge in [0.2, 0.25) is 0 Å². The average molecular weight is 1050 g/mol. The first-order valence-electron chi connectivity index (χ1n) is 23.1. The standard InChI is InChI=1S/C60H39N7S6/c1-4-46(40(31-61)32-62)52-22-28-58(71-52)55-25-19-49(68-55)37-7-13-43(14-8-37)67(44-15-9-38(10-16-44)50-20-26-56(69-50)59-29-23-53(72-59)47(5-2)41(33-63)34-64)45-17-11-39(12-18-45)51-21-27-57(70-51)60-30-24-54(73-60)48(6-3)42(35-65)36-66/h7-30H,4-6H2,1-3H3. The number of benzene rings is 3. The van der Waals surface area contributed by atoms with Crippen molar-refractivity contribution in [3.63, 3.8) is 0 Å². The monoisotopic (exact) mass is 1050 g/mol. The summed E-state index contributed by atoms with van der Waals surface area (Å²) in [5.74, 6) is 0. The van der Waals surface area contributed by atoms with Crippen LogP contribution in [0.3, 0.4) is 0 Å². The lowest BCUT2D eigenvalue weighted by molar-refractivity contribution is 1.24. The van der Waals surface area contributed by atoms with Gasteiger partial charge in [-0.2, -0.15) is 31.6 Å². The van der Waals surface area contributed by atoms with Crippen LogP contribution in [0, 0.1) is 68.0 Å². The lowest BCUT2D eigenvalue weighted by atomic mass is 10.1. The zero-order valence-electron chi connectivity index (χ0n) is 39.6. The van der Waals surface area contributed by atoms with E-state index >= 15 is 0 Å². The third-order valence-electron chi connectivity index (χ3n) is 12.1. The molecule has 9 aromatic rings. The first-order chi connectivity index (χ1) is 35.7. The van der Waals surface area contributed by atoms with Crippen LogP contribution in [0.1, 0.15) is 54.7 Å². The van der Waals surface area contributed by atoms with Crippen LogP contribution in [-0.2, 0) is 0 Å². The quantitative estimate of drug-likeness (QED) is 0.0929. The molecule has 13 heteroatoms. The van der Waals surface area contributed by atoms with Crippen molar-refractivity contribution in [1.82, 2.24) is 0 Å². The number of hydrogen-bond acceptors (Lipinski definition) is 13. The molecule has 0 spiro atoms. The summed E-state index contributed by atoms with van der Waals surface area (Å²) in [6, 6.07) is 63.4. The Bertz CT molecular complexity index is 3420. The summed E-state index contributed by atoms with van der Waals surface area (Å²) in [5.41, 5.74) is 9.11. The molecule has 0 unspecified atom stereocenters. The minimum atomic E-state index is 0.163. The van der Waals surface area contributed by atoms with E-state index in [-0.39, 0.29) is 16.7 Å². The topological polar surface area (TPSA) is 146 Å². The Morgan fingerprint density at radius 2 is 0.521 bits per heavy atom. The molecule has 0 saturated heterocycles. The highest BCUT2D eigenvalue weighted by Gasteiger charge is 2.19. The van der Waals surface area contributed by atoms with E-state index in [1.54, 1.807) is 68.0 Å². The molecule has 7 nitrogen and oxygen atoms in total. The van der Waals surface area contributed by atoms with Crippen molar-refractivity contribution in [2.24, 2.45) is 0 Å². The van der Waals surface area contributed by atoms with Crippen molar-refractivity contribution in [1.29, 1.82) is 31.6 Å². The van der Waals surface area contributed by atoms with E-state index in [0.717, 1.165) is 109 Å². The number of anilines is 3. The van der Waals surface area contributed by atoms with Crippen LogP contribution in [0.15, 0.2) is 162 Å². The largest absolute Gasteiger partial charge is 0.311 e. The van der Waals surface area contributed by atoms with Gasteiger partial charge in [0.05, 0.1) is 0 Å². The molecule has 0 aliphatic rings. The molecule has 350 valence electrons. The average Bonchev–Trinajstić information content (AvgIpc) is 4.30. The van der Waals surface area contributed by atoms with E-state index in [4.69, 9.17) is 0 Å². The van der Waals surface area contributed by atoms with Crippen molar-refractivity contribution in [3.8, 4) is 97.0 Å². The molecule has 73 heavy (non-hydrogen) atoms. The van der Waals surface area contributed by atoms with Crippen molar-refractivity contribution < 1.29 is 0 Å². The summed E-state index contributed by atoms with van der Waals surface area (Å²) in [7, 11) is 0. The highest BCUT2D eigenvalue weighted by molar-refractivity contribution is 7.25. The maximum Gasteiger partial charge on any atom is 0.134 e. The Morgan fingerprint density at radius 3 is 0.753 bits per heavy atom. The number of nitrogens with zero attached hydrogens (tertiary/aromatic N) is 7. The smallest absolute Gasteiger partial charge is 0.134 e. The van der Waals surface area contributed by atoms with Gasteiger partial charge >= 0.3 is 0 Å². The second-order valence-corrected chi connectivity index (χ2v) is 22.8. The van der Waals surface area contributed by atoms with E-state index in [0.29, 0.717) is 19.3 Å². The van der Waals surface area contributed by atoms with Crippen LogP contribution >= 0.6 is 68.0 Å². The number of rotatable bonds is 15. The second kappa shape index (κ2) is 22.5. The molecule has 0 N–H and O–H groups in total. The minimum Gasteiger partial charge on any atom is -0.311 e. The third kappa shape index (κ3) is 10.3. The van der Waals surface area contributed by atoms with Gasteiger partial charge in [0, 0.05) is 75.6 Å². The van der Waals surface area contributed by atoms with E-state index in [1.807, 2.05) is 39.0 Å². The molecule has 0 bridgehead atoms. The predicted molar refractivity (Wildman–Crippen MR) is 306 cm³/mol. The molecule has 0 amide bonds. The van der Waals surface area contributed by atoms with Gasteiger partial charge in [0.1, 0.15) is 53.1 Å². The summed E-state index contributed by atoms with van der Waals surface area (Å²) in [6.45, 7) is 5.91. The van der Waals surface area contributed by atoms with Crippen molar-refractivity contribution in [3.05, 3.63) is 177 Å². The van der Waals surface area contributed by atoms with Crippen LogP contribution in [0.4, 0.5) is 17.1 Å². The highest BCUT2D eigenvalue weighted by Crippen LogP contribution is 2.45. The Morgan fingerprint density at radius 1 is 0.301 bits per heavy atom. The molecule has 6 heterocycles. The van der Waals surface area contributed by atoms with E-state index < -0.39 is 0 Å². The Hall–Kier alpha value is -8.18. The number of allylic oxidation sites excluding steroid dienone is 6. The predicted octanol–water partition coefficient (Wildman–Crippen LogP) is 19.2. The van der Waals surface area contributed by atoms with Crippen LogP contribution in [0.25, 0.3) is 77.3 Å². The van der Waals surface area contributed by atoms with E-state index in [2.05, 4.69) is 169 Å². The molecule has 6 aromatic heterocycles. The molecule has 0 aliphatic carbocycles. The lowest BCUT2D eigenvalue weighted by Crippen LogP contribution is -2.09. The summed E-state index contributed by atoms with van der Waals surface area (Å²) < 4.78 is 0. The van der Waals surface area contributed by atoms with Gasteiger partial charge in [-0.3, -0.25) is 0 Å². The maximum atomic E-state index is 9.53. The summed E-state index contributed by atoms with van der Waals surface area (Å²) in [6.07, 6.45) is 1.82. The van der Waals surface area contributed by atoms with Gasteiger partial charge in [-0.1, -0.05) is 57.2 Å². The van der Waals surface area contributed by atoms with Crippen LogP contribution < -0.4 is 4.90 Å². The van der Waals surface area contributed by atoms with Gasteiger partial charge in [0.15, 0.2) is 0 Å². The molecule has 0 radical (unpaired) electrons. The molecular weight excluding hydrogens is 1010 g/mol. The van der Waals surface area contributed by atoms with Gasteiger partial charge in [-0.05, 0) is 162 Å². The number of thiophene rings is 6. The van der Waals surface area contributed by atoms with Gasteiger partial charge in [-0.15, -0.1) is 68.0 Å². The van der Waals surface area contributed by atoms with Crippen LogP contribution in [0.5, 0.6) is 0 Å². The third-order valence-corrected chi connectivity index (χ3v) is 19.5. The maximum absolute atomic E-state index is 9.53. The number of hydrogen-bond donors (Lipinski definition) is 0. The number of nitriles is 6. The molecule has 9 rings (SSSR count). The Balaban J connectivity index is 1.01. The molecule has 0 atom stereocenters. The summed E-state index contributed by atoms with van der Waals surface area (Å²) >= 11 is 9.95. The lowest BCUT2D eigenvalue weighted by Gasteiger charge is -2.26. The Labute approximate surface area is 448 Å². The van der Waals surface area contributed by atoms with Crippen molar-refractivity contribution in [2.75, 3.05) is 4.90 Å². The second-order valence-electron chi connectivity index (χ2n) is 16.3. The molecule has 3 aromatic carbocycles. The minimum absolute atomic E-state index is 0.163. The van der Waals surface area contributed by atoms with Gasteiger partial charge < -0.3 is 4.90 Å². The fourth-order valence-electron chi connectivity index (χ4n) is 8.45. The van der Waals surface area contributed by atoms with Crippen LogP contribution in [0.2, 0.25) is 0 Å². The summed E-state index contributed by atoms with van der Waals surface area (Å²) in [4.78, 5) is 15.1. The molecule has 0 saturated carbocycles. The highest BCUT2D eigenvalue weighted by atomic mass is 32.1. The first kappa shape index (κ1) is 49.8. The fraction of sp³-hybridized carbons (Fsp3) is 0.100. The molecule has 0 aliphatic heterocycles. The Kier molecular flexibility index (Phi) is 15.3. The van der Waals surface area contributed by atoms with Crippen molar-refractivity contribution >= 4 is 102 Å². The first-order valence-corrected chi connectivity index (χ1v) is 28.0. The van der Waals surface area contributed by atoms with E-state index in [9.17, 15) is 31.6 Å². The zero-order chi connectivity index (χ0) is 51.0. The SMILES string of the molecule is CCC(=C(C#N)C#N)c1ccc(-c2ccc(-c3ccc(N(c4ccc(-c5ccc(-c6ccc(C(CC)=C(C#N)C#N)s6)s5)cc4)c4ccc(-c5ccc(-c6ccc(C(CC)=C(C#N)C#N)s6)s5)cc4)cc3)s2)s1.